The van der Waals surface area contributed by atoms with E-state index in [-0.39, 0.29) is 33.9 Å². The molecule has 0 bridgehead atoms. The second-order valence-corrected chi connectivity index (χ2v) is 12.0. The van der Waals surface area contributed by atoms with Crippen LogP contribution in [0.25, 0.3) is 0 Å². The van der Waals surface area contributed by atoms with Crippen LogP contribution in [0, 0.1) is 65.3 Å². The third-order valence-electron chi connectivity index (χ3n) is 7.42. The molecule has 5 rings (SSSR count). The highest BCUT2D eigenvalue weighted by Gasteiger charge is 2.12. The van der Waals surface area contributed by atoms with Crippen molar-refractivity contribution >= 4 is 17.9 Å². The average Bonchev–Trinajstić information content (AvgIpc) is 3.23. The normalized spacial score (nSPS) is 10.2. The summed E-state index contributed by atoms with van der Waals surface area (Å²) in [4.78, 5) is 35.0. The molecular weight excluding hydrogens is 772 g/mol. The van der Waals surface area contributed by atoms with Crippen LogP contribution in [-0.2, 0) is 4.79 Å². The fraction of sp³-hybridized carbons (Fsp3) is 0.125. The van der Waals surface area contributed by atoms with Crippen LogP contribution >= 0.6 is 0 Å². The number of rotatable bonds is 8. The first-order chi connectivity index (χ1) is 28.8. The topological polar surface area (TPSA) is 150 Å². The Morgan fingerprint density at radius 1 is 0.550 bits per heavy atom. The van der Waals surface area contributed by atoms with Crippen molar-refractivity contribution in [1.29, 1.82) is 15.8 Å². The van der Waals surface area contributed by atoms with E-state index < -0.39 is 35.4 Å². The minimum Gasteiger partial charge on any atom is -0.423 e. The SMILES string of the molecule is CC.C\C=C/C(C)=C\C=C/C(=O)Oc1ccc(C#N)c(F)c1.Cc1ccc(C(=O)Oc2ccc(C#N)c(F)c2)cc1.Cc1ccc(C(=O)Oc2ccc(C#N)c(F)c2)cc1. The van der Waals surface area contributed by atoms with Gasteiger partial charge in [-0.25, -0.2) is 27.6 Å². The molecule has 12 heteroatoms. The Balaban J connectivity index is 0.000000304. The number of benzene rings is 5. The standard InChI is InChI=1S/C16H14FNO2.2C15H10FNO2.C2H6/c1-3-5-12(2)6-4-7-16(19)20-14-9-8-13(11-18)15(17)10-14;2*1-10-2-4-11(5-3-10)15(18)19-13-7-6-12(9-17)14(16)8-13;1-2/h3-10H,1-2H3;2*2-8H,1H3;1-2H3/b5-3-,7-4-,12-6-;;;. The average molecular weight is 812 g/mol. The van der Waals surface area contributed by atoms with Gasteiger partial charge in [-0.1, -0.05) is 79.1 Å². The summed E-state index contributed by atoms with van der Waals surface area (Å²) in [6.45, 7) is 11.6. The Morgan fingerprint density at radius 3 is 1.22 bits per heavy atom. The molecular formula is C48H40F3N3O6. The number of carbonyl (C=O) groups is 3. The second kappa shape index (κ2) is 25.3. The molecule has 9 nitrogen and oxygen atoms in total. The lowest BCUT2D eigenvalue weighted by molar-refractivity contribution is -0.129. The summed E-state index contributed by atoms with van der Waals surface area (Å²) in [6.07, 6.45) is 8.32. The summed E-state index contributed by atoms with van der Waals surface area (Å²) in [5.41, 5.74) is 3.55. The number of hydrogen-bond acceptors (Lipinski definition) is 9. The molecule has 5 aromatic rings. The number of carbonyl (C=O) groups excluding carboxylic acids is 3. The van der Waals surface area contributed by atoms with Gasteiger partial charge in [-0.2, -0.15) is 15.8 Å². The van der Waals surface area contributed by atoms with Gasteiger partial charge in [0.1, 0.15) is 52.9 Å². The van der Waals surface area contributed by atoms with Gasteiger partial charge < -0.3 is 14.2 Å². The predicted molar refractivity (Wildman–Crippen MR) is 220 cm³/mol. The van der Waals surface area contributed by atoms with Gasteiger partial charge in [-0.05, 0) is 88.4 Å². The minimum absolute atomic E-state index is 0.0605. The van der Waals surface area contributed by atoms with Crippen molar-refractivity contribution in [3.63, 3.8) is 0 Å². The summed E-state index contributed by atoms with van der Waals surface area (Å²) in [5, 5.41) is 25.8. The third kappa shape index (κ3) is 16.2. The van der Waals surface area contributed by atoms with Crippen molar-refractivity contribution in [3.8, 4) is 35.5 Å². The summed E-state index contributed by atoms with van der Waals surface area (Å²) in [5.74, 6) is -3.68. The molecule has 0 aliphatic rings. The largest absolute Gasteiger partial charge is 0.423 e. The molecule has 0 saturated heterocycles. The van der Waals surface area contributed by atoms with E-state index in [4.69, 9.17) is 30.0 Å². The molecule has 0 spiro atoms. The number of halogens is 3. The maximum absolute atomic E-state index is 13.3. The number of hydrogen-bond donors (Lipinski definition) is 0. The molecule has 0 unspecified atom stereocenters. The maximum atomic E-state index is 13.3. The molecule has 0 atom stereocenters. The molecule has 0 fully saturated rings. The molecule has 304 valence electrons. The van der Waals surface area contributed by atoms with Gasteiger partial charge in [-0.3, -0.25) is 0 Å². The molecule has 0 heterocycles. The van der Waals surface area contributed by atoms with Crippen LogP contribution < -0.4 is 14.2 Å². The quantitative estimate of drug-likeness (QED) is 0.0645. The zero-order chi connectivity index (χ0) is 44.6. The van der Waals surface area contributed by atoms with Gasteiger partial charge >= 0.3 is 17.9 Å². The molecule has 5 aromatic carbocycles. The Labute approximate surface area is 347 Å². The molecule has 0 radical (unpaired) electrons. The third-order valence-corrected chi connectivity index (χ3v) is 7.42. The number of nitriles is 3. The van der Waals surface area contributed by atoms with Crippen molar-refractivity contribution in [3.05, 3.63) is 195 Å². The van der Waals surface area contributed by atoms with Gasteiger partial charge in [0.05, 0.1) is 27.8 Å². The maximum Gasteiger partial charge on any atom is 0.343 e. The van der Waals surface area contributed by atoms with Crippen LogP contribution in [0.1, 0.15) is 76.2 Å². The molecule has 0 aromatic heterocycles. The molecule has 0 aliphatic carbocycles. The van der Waals surface area contributed by atoms with Crippen LogP contribution in [0.15, 0.2) is 139 Å². The molecule has 0 N–H and O–H groups in total. The molecule has 0 aliphatic heterocycles. The summed E-state index contributed by atoms with van der Waals surface area (Å²) in [6, 6.07) is 29.8. The van der Waals surface area contributed by atoms with E-state index in [1.54, 1.807) is 78.9 Å². The van der Waals surface area contributed by atoms with Crippen LogP contribution in [0.4, 0.5) is 13.2 Å². The second-order valence-electron chi connectivity index (χ2n) is 12.0. The van der Waals surface area contributed by atoms with Crippen molar-refractivity contribution in [1.82, 2.24) is 0 Å². The van der Waals surface area contributed by atoms with Crippen molar-refractivity contribution in [2.75, 3.05) is 0 Å². The van der Waals surface area contributed by atoms with Crippen molar-refractivity contribution < 1.29 is 41.8 Å². The lowest BCUT2D eigenvalue weighted by atomic mass is 10.1. The van der Waals surface area contributed by atoms with E-state index in [1.165, 1.54) is 42.5 Å². The first kappa shape index (κ1) is 48.1. The Morgan fingerprint density at radius 2 is 0.900 bits per heavy atom. The van der Waals surface area contributed by atoms with Crippen molar-refractivity contribution in [2.24, 2.45) is 0 Å². The summed E-state index contributed by atoms with van der Waals surface area (Å²) < 4.78 is 55.0. The zero-order valence-corrected chi connectivity index (χ0v) is 33.6. The van der Waals surface area contributed by atoms with E-state index in [2.05, 4.69) is 0 Å². The first-order valence-electron chi connectivity index (χ1n) is 18.1. The van der Waals surface area contributed by atoms with Gasteiger partial charge in [0.15, 0.2) is 0 Å². The molecule has 0 saturated carbocycles. The van der Waals surface area contributed by atoms with Gasteiger partial charge in [0.2, 0.25) is 0 Å². The Hall–Kier alpha value is -8.01. The number of allylic oxidation sites excluding steroid dienone is 5. The summed E-state index contributed by atoms with van der Waals surface area (Å²) >= 11 is 0. The highest BCUT2D eigenvalue weighted by molar-refractivity contribution is 5.91. The number of esters is 3. The monoisotopic (exact) mass is 811 g/mol. The van der Waals surface area contributed by atoms with Crippen LogP contribution in [-0.4, -0.2) is 17.9 Å². The smallest absolute Gasteiger partial charge is 0.343 e. The predicted octanol–water partition coefficient (Wildman–Crippen LogP) is 11.2. The van der Waals surface area contributed by atoms with Gasteiger partial charge in [0.25, 0.3) is 0 Å². The lowest BCUT2D eigenvalue weighted by Crippen LogP contribution is -2.08. The van der Waals surface area contributed by atoms with E-state index in [0.29, 0.717) is 11.1 Å². The van der Waals surface area contributed by atoms with Crippen molar-refractivity contribution in [2.45, 2.75) is 41.5 Å². The molecule has 60 heavy (non-hydrogen) atoms. The van der Waals surface area contributed by atoms with E-state index in [0.717, 1.165) is 34.9 Å². The Kier molecular flexibility index (Phi) is 20.3. The highest BCUT2D eigenvalue weighted by atomic mass is 19.1. The minimum atomic E-state index is -0.717. The van der Waals surface area contributed by atoms with Crippen LogP contribution in [0.5, 0.6) is 17.2 Å². The highest BCUT2D eigenvalue weighted by Crippen LogP contribution is 2.20. The first-order valence-corrected chi connectivity index (χ1v) is 18.1. The zero-order valence-electron chi connectivity index (χ0n) is 33.6. The van der Waals surface area contributed by atoms with E-state index in [1.807, 2.05) is 53.7 Å². The number of nitrogens with zero attached hydrogens (tertiary/aromatic N) is 3. The number of ether oxygens (including phenoxy) is 3. The Bertz CT molecular complexity index is 2370. The fourth-order valence-electron chi connectivity index (χ4n) is 4.41. The van der Waals surface area contributed by atoms with E-state index >= 15 is 0 Å². The lowest BCUT2D eigenvalue weighted by Gasteiger charge is -2.05. The molecule has 0 amide bonds. The van der Waals surface area contributed by atoms with Gasteiger partial charge in [-0.15, -0.1) is 0 Å². The van der Waals surface area contributed by atoms with Crippen LogP contribution in [0.3, 0.4) is 0 Å². The van der Waals surface area contributed by atoms with Gasteiger partial charge in [0, 0.05) is 24.3 Å². The summed E-state index contributed by atoms with van der Waals surface area (Å²) in [7, 11) is 0. The van der Waals surface area contributed by atoms with E-state index in [9.17, 15) is 27.6 Å². The number of aryl methyl sites for hydroxylation is 2. The fourth-order valence-corrected chi connectivity index (χ4v) is 4.41. The van der Waals surface area contributed by atoms with Crippen LogP contribution in [0.2, 0.25) is 0 Å².